The van der Waals surface area contributed by atoms with E-state index >= 15 is 0 Å². The van der Waals surface area contributed by atoms with Crippen molar-refractivity contribution in [3.63, 3.8) is 0 Å². The Bertz CT molecular complexity index is 290. The minimum Gasteiger partial charge on any atom is -0.206 e. The molecule has 0 bridgehead atoms. The summed E-state index contributed by atoms with van der Waals surface area (Å²) in [7, 11) is 0. The lowest BCUT2D eigenvalue weighted by molar-refractivity contribution is 0.625. The van der Waals surface area contributed by atoms with E-state index in [1.54, 1.807) is 6.07 Å². The first-order valence-electron chi connectivity index (χ1n) is 2.51. The summed E-state index contributed by atoms with van der Waals surface area (Å²) in [5.41, 5.74) is 0.239. The van der Waals surface area contributed by atoms with Crippen LogP contribution >= 0.6 is 11.6 Å². The van der Waals surface area contributed by atoms with E-state index in [4.69, 9.17) is 16.9 Å². The predicted octanol–water partition coefficient (Wildman–Crippen LogP) is 2.15. The van der Waals surface area contributed by atoms with Crippen LogP contribution in [0.3, 0.4) is 0 Å². The highest BCUT2D eigenvalue weighted by molar-refractivity contribution is 6.31. The minimum absolute atomic E-state index is 0.124. The van der Waals surface area contributed by atoms with Crippen LogP contribution in [-0.4, -0.2) is 0 Å². The second-order valence-corrected chi connectivity index (χ2v) is 2.06. The van der Waals surface area contributed by atoms with Gasteiger partial charge in [0.15, 0.2) is 0 Å². The largest absolute Gasteiger partial charge is 0.206 e. The van der Waals surface area contributed by atoms with Gasteiger partial charge in [0.2, 0.25) is 0 Å². The summed E-state index contributed by atoms with van der Waals surface area (Å²) in [4.78, 5) is 0. The maximum Gasteiger partial charge on any atom is 0.132 e. The molecule has 1 rings (SSSR count). The SMILES string of the molecule is N#Cc1c[c]c(F)cc1Cl. The highest BCUT2D eigenvalue weighted by atomic mass is 35.5. The summed E-state index contributed by atoms with van der Waals surface area (Å²) in [5.74, 6) is -0.552. The Kier molecular flexibility index (Phi) is 1.88. The molecule has 0 aliphatic heterocycles. The van der Waals surface area contributed by atoms with Crippen molar-refractivity contribution in [2.24, 2.45) is 0 Å². The van der Waals surface area contributed by atoms with Gasteiger partial charge in [-0.25, -0.2) is 4.39 Å². The zero-order valence-electron chi connectivity index (χ0n) is 4.86. The second-order valence-electron chi connectivity index (χ2n) is 1.65. The molecule has 10 heavy (non-hydrogen) atoms. The molecule has 0 saturated heterocycles. The minimum atomic E-state index is -0.552. The molecule has 0 heterocycles. The van der Waals surface area contributed by atoms with E-state index in [1.165, 1.54) is 6.07 Å². The molecular weight excluding hydrogens is 153 g/mol. The zero-order chi connectivity index (χ0) is 7.56. The Hall–Kier alpha value is -1.07. The maximum atomic E-state index is 12.2. The van der Waals surface area contributed by atoms with Gasteiger partial charge < -0.3 is 0 Å². The molecule has 0 N–H and O–H groups in total. The molecule has 1 radical (unpaired) electrons. The molecule has 1 nitrogen and oxygen atoms in total. The van der Waals surface area contributed by atoms with Crippen LogP contribution in [0.5, 0.6) is 0 Å². The first kappa shape index (κ1) is 7.04. The molecule has 0 saturated carbocycles. The van der Waals surface area contributed by atoms with Gasteiger partial charge in [-0.05, 0) is 12.1 Å². The predicted molar refractivity (Wildman–Crippen MR) is 35.0 cm³/mol. The van der Waals surface area contributed by atoms with Crippen molar-refractivity contribution in [3.05, 3.63) is 34.6 Å². The summed E-state index contributed by atoms with van der Waals surface area (Å²) in [6.07, 6.45) is 0. The van der Waals surface area contributed by atoms with Crippen LogP contribution in [0.15, 0.2) is 12.1 Å². The number of rotatable bonds is 0. The van der Waals surface area contributed by atoms with Crippen LogP contribution in [0.25, 0.3) is 0 Å². The van der Waals surface area contributed by atoms with Crippen molar-refractivity contribution < 1.29 is 4.39 Å². The molecule has 0 aliphatic rings. The fourth-order valence-electron chi connectivity index (χ4n) is 0.526. The Morgan fingerprint density at radius 3 is 2.90 bits per heavy atom. The Morgan fingerprint density at radius 1 is 1.70 bits per heavy atom. The van der Waals surface area contributed by atoms with Crippen molar-refractivity contribution in [1.82, 2.24) is 0 Å². The van der Waals surface area contributed by atoms with E-state index in [0.29, 0.717) is 0 Å². The molecular formula is C7H2ClFN. The van der Waals surface area contributed by atoms with E-state index in [2.05, 4.69) is 6.07 Å². The van der Waals surface area contributed by atoms with Crippen LogP contribution in [0.4, 0.5) is 4.39 Å². The number of hydrogen-bond acceptors (Lipinski definition) is 1. The number of hydrogen-bond donors (Lipinski definition) is 0. The van der Waals surface area contributed by atoms with E-state index in [-0.39, 0.29) is 10.6 Å². The normalized spacial score (nSPS) is 8.90. The van der Waals surface area contributed by atoms with Crippen LogP contribution in [0.2, 0.25) is 5.02 Å². The number of halogens is 2. The topological polar surface area (TPSA) is 23.8 Å². The average molecular weight is 155 g/mol. The van der Waals surface area contributed by atoms with E-state index < -0.39 is 5.82 Å². The molecule has 0 aliphatic carbocycles. The number of nitrogens with zero attached hydrogens (tertiary/aromatic N) is 1. The standard InChI is InChI=1S/C7H2ClFN/c8-7-3-6(9)2-1-5(7)4-10/h1,3H. The van der Waals surface area contributed by atoms with Gasteiger partial charge in [-0.15, -0.1) is 0 Å². The number of benzene rings is 1. The van der Waals surface area contributed by atoms with E-state index in [9.17, 15) is 4.39 Å². The van der Waals surface area contributed by atoms with Crippen LogP contribution in [-0.2, 0) is 0 Å². The van der Waals surface area contributed by atoms with E-state index in [0.717, 1.165) is 6.07 Å². The van der Waals surface area contributed by atoms with Gasteiger partial charge >= 0.3 is 0 Å². The molecule has 0 spiro atoms. The summed E-state index contributed by atoms with van der Waals surface area (Å²) in [6, 6.07) is 6.29. The number of nitriles is 1. The third kappa shape index (κ3) is 1.26. The van der Waals surface area contributed by atoms with Crippen molar-refractivity contribution >= 4 is 11.6 Å². The average Bonchev–Trinajstić information content (AvgIpc) is 1.88. The molecule has 1 aromatic carbocycles. The third-order valence-corrected chi connectivity index (χ3v) is 1.30. The second kappa shape index (κ2) is 2.68. The van der Waals surface area contributed by atoms with Crippen molar-refractivity contribution in [2.75, 3.05) is 0 Å². The van der Waals surface area contributed by atoms with Gasteiger partial charge in [-0.1, -0.05) is 11.6 Å². The highest BCUT2D eigenvalue weighted by Crippen LogP contribution is 2.14. The summed E-state index contributed by atoms with van der Waals surface area (Å²) in [6.45, 7) is 0. The first-order chi connectivity index (χ1) is 4.74. The third-order valence-electron chi connectivity index (χ3n) is 0.986. The molecule has 49 valence electrons. The molecule has 0 aromatic heterocycles. The van der Waals surface area contributed by atoms with Crippen LogP contribution < -0.4 is 0 Å². The fraction of sp³-hybridized carbons (Fsp3) is 0. The van der Waals surface area contributed by atoms with Crippen molar-refractivity contribution in [1.29, 1.82) is 5.26 Å². The van der Waals surface area contributed by atoms with Crippen LogP contribution in [0, 0.1) is 23.2 Å². The molecule has 1 aromatic rings. The van der Waals surface area contributed by atoms with Gasteiger partial charge in [0.25, 0.3) is 0 Å². The fourth-order valence-corrected chi connectivity index (χ4v) is 0.719. The summed E-state index contributed by atoms with van der Waals surface area (Å²) < 4.78 is 12.2. The van der Waals surface area contributed by atoms with Crippen molar-refractivity contribution in [2.45, 2.75) is 0 Å². The van der Waals surface area contributed by atoms with Gasteiger partial charge in [-0.2, -0.15) is 5.26 Å². The van der Waals surface area contributed by atoms with Crippen molar-refractivity contribution in [3.8, 4) is 6.07 Å². The summed E-state index contributed by atoms with van der Waals surface area (Å²) in [5, 5.41) is 8.46. The molecule has 0 amide bonds. The summed E-state index contributed by atoms with van der Waals surface area (Å²) >= 11 is 5.45. The van der Waals surface area contributed by atoms with Crippen LogP contribution in [0.1, 0.15) is 5.56 Å². The monoisotopic (exact) mass is 154 g/mol. The molecule has 0 fully saturated rings. The smallest absolute Gasteiger partial charge is 0.132 e. The first-order valence-corrected chi connectivity index (χ1v) is 2.88. The lowest BCUT2D eigenvalue weighted by Crippen LogP contribution is -1.78. The lowest BCUT2D eigenvalue weighted by Gasteiger charge is -1.90. The molecule has 0 atom stereocenters. The maximum absolute atomic E-state index is 12.2. The van der Waals surface area contributed by atoms with Gasteiger partial charge in [0.05, 0.1) is 10.6 Å². The quantitative estimate of drug-likeness (QED) is 0.562. The van der Waals surface area contributed by atoms with E-state index in [1.807, 2.05) is 0 Å². The molecule has 3 heteroatoms. The van der Waals surface area contributed by atoms with Gasteiger partial charge in [0, 0.05) is 6.07 Å². The Balaban J connectivity index is 3.23. The molecule has 0 unspecified atom stereocenters. The Labute approximate surface area is 62.7 Å². The van der Waals surface area contributed by atoms with Gasteiger partial charge in [0.1, 0.15) is 11.9 Å². The Morgan fingerprint density at radius 2 is 2.40 bits per heavy atom. The lowest BCUT2D eigenvalue weighted by atomic mass is 10.2. The zero-order valence-corrected chi connectivity index (χ0v) is 5.61. The van der Waals surface area contributed by atoms with Gasteiger partial charge in [-0.3, -0.25) is 0 Å². The highest BCUT2D eigenvalue weighted by Gasteiger charge is 1.98.